The summed E-state index contributed by atoms with van der Waals surface area (Å²) in [7, 11) is 0. The van der Waals surface area contributed by atoms with Crippen LogP contribution in [0, 0.1) is 0 Å². The van der Waals surface area contributed by atoms with Crippen molar-refractivity contribution in [1.29, 1.82) is 0 Å². The molecule has 0 fully saturated rings. The molecule has 0 aliphatic heterocycles. The Morgan fingerprint density at radius 3 is 1.59 bits per heavy atom. The van der Waals surface area contributed by atoms with E-state index in [1.807, 2.05) is 0 Å². The molecule has 0 amide bonds. The summed E-state index contributed by atoms with van der Waals surface area (Å²) in [5, 5.41) is 2.45. The first-order valence-corrected chi connectivity index (χ1v) is 16.2. The van der Waals surface area contributed by atoms with Gasteiger partial charge in [0.2, 0.25) is 0 Å². The molecule has 46 heavy (non-hydrogen) atoms. The van der Waals surface area contributed by atoms with Gasteiger partial charge in [-0.15, -0.1) is 0 Å². The zero-order valence-corrected chi connectivity index (χ0v) is 26.4. The molecule has 7 aromatic rings. The molecule has 0 bridgehead atoms. The Hall–Kier alpha value is -5.60. The van der Waals surface area contributed by atoms with Crippen LogP contribution in [0.3, 0.4) is 0 Å². The maximum absolute atomic E-state index is 2.39. The van der Waals surface area contributed by atoms with Crippen LogP contribution in [0.15, 0.2) is 176 Å². The van der Waals surface area contributed by atoms with E-state index in [1.54, 1.807) is 0 Å². The summed E-state index contributed by atoms with van der Waals surface area (Å²) in [5.74, 6) is 0.530. The second-order valence-corrected chi connectivity index (χ2v) is 11.8. The molecule has 0 aliphatic rings. The zero-order chi connectivity index (χ0) is 31.3. The highest BCUT2D eigenvalue weighted by atomic mass is 15.2. The van der Waals surface area contributed by atoms with Crippen LogP contribution in [-0.4, -0.2) is 0 Å². The molecule has 224 valence electrons. The van der Waals surface area contributed by atoms with Crippen molar-refractivity contribution < 1.29 is 0 Å². The largest absolute Gasteiger partial charge is 0.310 e. The number of hydrogen-bond donors (Lipinski definition) is 0. The molecule has 0 aliphatic carbocycles. The van der Waals surface area contributed by atoms with Crippen molar-refractivity contribution in [2.45, 2.75) is 26.2 Å². The normalized spacial score (nSPS) is 11.7. The standard InChI is InChI=1S/C44H38N2/c1-3-33(2)34-25-27-38(28-26-34)46(44-24-14-18-36-17-10-11-21-42(36)44)40-31-29-39(30-32-40)45(37-19-8-5-9-20-37)43-23-13-12-22-41(43)35-15-6-4-7-16-35/h4-33H,3H2,1-2H3. The molecular formula is C44H38N2. The van der Waals surface area contributed by atoms with Gasteiger partial charge in [-0.25, -0.2) is 0 Å². The SMILES string of the molecule is CCC(C)c1ccc(N(c2ccc(N(c3ccccc3)c3ccccc3-c3ccccc3)cc2)c2cccc3ccccc23)cc1. The van der Waals surface area contributed by atoms with Gasteiger partial charge in [-0.3, -0.25) is 0 Å². The molecule has 2 nitrogen and oxygen atoms in total. The molecule has 0 radical (unpaired) electrons. The molecule has 0 spiro atoms. The van der Waals surface area contributed by atoms with Crippen LogP contribution in [-0.2, 0) is 0 Å². The first-order chi connectivity index (χ1) is 22.7. The zero-order valence-electron chi connectivity index (χ0n) is 26.4. The number of anilines is 6. The highest BCUT2D eigenvalue weighted by Gasteiger charge is 2.19. The van der Waals surface area contributed by atoms with Crippen molar-refractivity contribution in [3.63, 3.8) is 0 Å². The van der Waals surface area contributed by atoms with E-state index in [4.69, 9.17) is 0 Å². The van der Waals surface area contributed by atoms with Crippen LogP contribution in [0.4, 0.5) is 34.1 Å². The second kappa shape index (κ2) is 13.2. The van der Waals surface area contributed by atoms with Crippen molar-refractivity contribution in [3.05, 3.63) is 181 Å². The first-order valence-electron chi connectivity index (χ1n) is 16.2. The Balaban J connectivity index is 1.36. The molecule has 1 atom stereocenters. The van der Waals surface area contributed by atoms with Gasteiger partial charge in [0.25, 0.3) is 0 Å². The maximum Gasteiger partial charge on any atom is 0.0540 e. The maximum atomic E-state index is 2.39. The molecule has 1 unspecified atom stereocenters. The van der Waals surface area contributed by atoms with Crippen molar-refractivity contribution in [2.75, 3.05) is 9.80 Å². The smallest absolute Gasteiger partial charge is 0.0540 e. The molecule has 7 rings (SSSR count). The molecule has 0 heterocycles. The summed E-state index contributed by atoms with van der Waals surface area (Å²) in [5.41, 5.74) is 10.5. The Morgan fingerprint density at radius 2 is 0.913 bits per heavy atom. The highest BCUT2D eigenvalue weighted by molar-refractivity contribution is 5.99. The molecule has 0 aromatic heterocycles. The van der Waals surface area contributed by atoms with Crippen molar-refractivity contribution in [1.82, 2.24) is 0 Å². The lowest BCUT2D eigenvalue weighted by molar-refractivity contribution is 0.733. The summed E-state index contributed by atoms with van der Waals surface area (Å²) >= 11 is 0. The molecule has 7 aromatic carbocycles. The fourth-order valence-electron chi connectivity index (χ4n) is 6.30. The van der Waals surface area contributed by atoms with E-state index in [1.165, 1.54) is 27.5 Å². The van der Waals surface area contributed by atoms with E-state index >= 15 is 0 Å². The number of benzene rings is 7. The second-order valence-electron chi connectivity index (χ2n) is 11.8. The third-order valence-electron chi connectivity index (χ3n) is 8.95. The number of para-hydroxylation sites is 2. The molecule has 0 saturated carbocycles. The van der Waals surface area contributed by atoms with E-state index in [2.05, 4.69) is 200 Å². The minimum Gasteiger partial charge on any atom is -0.310 e. The minimum atomic E-state index is 0.530. The van der Waals surface area contributed by atoms with Crippen LogP contribution < -0.4 is 9.80 Å². The monoisotopic (exact) mass is 594 g/mol. The fraction of sp³-hybridized carbons (Fsp3) is 0.0909. The quantitative estimate of drug-likeness (QED) is 0.164. The predicted octanol–water partition coefficient (Wildman–Crippen LogP) is 13.0. The first kappa shape index (κ1) is 29.1. The van der Waals surface area contributed by atoms with Crippen LogP contribution in [0.1, 0.15) is 31.7 Å². The van der Waals surface area contributed by atoms with Gasteiger partial charge in [-0.1, -0.05) is 129 Å². The van der Waals surface area contributed by atoms with Crippen molar-refractivity contribution in [2.24, 2.45) is 0 Å². The average molecular weight is 595 g/mol. The van der Waals surface area contributed by atoms with E-state index in [0.717, 1.165) is 40.5 Å². The lowest BCUT2D eigenvalue weighted by atomic mass is 9.98. The molecule has 0 saturated heterocycles. The van der Waals surface area contributed by atoms with Crippen LogP contribution in [0.5, 0.6) is 0 Å². The number of rotatable bonds is 9. The number of fused-ring (bicyclic) bond motifs is 1. The van der Waals surface area contributed by atoms with Gasteiger partial charge in [-0.05, 0) is 89.5 Å². The summed E-state index contributed by atoms with van der Waals surface area (Å²) in [4.78, 5) is 4.74. The van der Waals surface area contributed by atoms with Crippen molar-refractivity contribution in [3.8, 4) is 11.1 Å². The molecular weight excluding hydrogens is 556 g/mol. The highest BCUT2D eigenvalue weighted by Crippen LogP contribution is 2.43. The topological polar surface area (TPSA) is 6.48 Å². The van der Waals surface area contributed by atoms with Crippen molar-refractivity contribution >= 4 is 44.9 Å². The van der Waals surface area contributed by atoms with Gasteiger partial charge < -0.3 is 9.80 Å². The van der Waals surface area contributed by atoms with Gasteiger partial charge in [0.05, 0.1) is 11.4 Å². The van der Waals surface area contributed by atoms with E-state index in [0.29, 0.717) is 5.92 Å². The Kier molecular flexibility index (Phi) is 8.34. The van der Waals surface area contributed by atoms with Gasteiger partial charge >= 0.3 is 0 Å². The summed E-state index contributed by atoms with van der Waals surface area (Å²) in [6.45, 7) is 4.55. The predicted molar refractivity (Wildman–Crippen MR) is 197 cm³/mol. The lowest BCUT2D eigenvalue weighted by Crippen LogP contribution is -2.13. The summed E-state index contributed by atoms with van der Waals surface area (Å²) in [6.07, 6.45) is 1.12. The Bertz CT molecular complexity index is 2030. The molecule has 0 N–H and O–H groups in total. The minimum absolute atomic E-state index is 0.530. The third kappa shape index (κ3) is 5.78. The summed E-state index contributed by atoms with van der Waals surface area (Å²) < 4.78 is 0. The van der Waals surface area contributed by atoms with E-state index in [-0.39, 0.29) is 0 Å². The van der Waals surface area contributed by atoms with Crippen LogP contribution >= 0.6 is 0 Å². The van der Waals surface area contributed by atoms with Crippen LogP contribution in [0.25, 0.3) is 21.9 Å². The lowest BCUT2D eigenvalue weighted by Gasteiger charge is -2.30. The van der Waals surface area contributed by atoms with E-state index in [9.17, 15) is 0 Å². The van der Waals surface area contributed by atoms with Gasteiger partial charge in [0, 0.05) is 33.7 Å². The van der Waals surface area contributed by atoms with E-state index < -0.39 is 0 Å². The van der Waals surface area contributed by atoms with Gasteiger partial charge in [-0.2, -0.15) is 0 Å². The van der Waals surface area contributed by atoms with Gasteiger partial charge in [0.15, 0.2) is 0 Å². The third-order valence-corrected chi connectivity index (χ3v) is 8.95. The molecule has 2 heteroatoms. The van der Waals surface area contributed by atoms with Gasteiger partial charge in [0.1, 0.15) is 0 Å². The number of nitrogens with zero attached hydrogens (tertiary/aromatic N) is 2. The Morgan fingerprint density at radius 1 is 0.435 bits per heavy atom. The fourth-order valence-corrected chi connectivity index (χ4v) is 6.30. The Labute approximate surface area is 272 Å². The average Bonchev–Trinajstić information content (AvgIpc) is 3.13. The summed E-state index contributed by atoms with van der Waals surface area (Å²) in [6, 6.07) is 63.2. The number of hydrogen-bond acceptors (Lipinski definition) is 2. The van der Waals surface area contributed by atoms with Crippen LogP contribution in [0.2, 0.25) is 0 Å².